The first kappa shape index (κ1) is 22.1. The Labute approximate surface area is 197 Å². The zero-order valence-corrected chi connectivity index (χ0v) is 19.5. The lowest BCUT2D eigenvalue weighted by atomic mass is 9.95. The Hall–Kier alpha value is -3.74. The van der Waals surface area contributed by atoms with Crippen LogP contribution in [0.2, 0.25) is 0 Å². The van der Waals surface area contributed by atoms with Crippen LogP contribution in [-0.2, 0) is 6.54 Å². The SMILES string of the molecule is Cc1noc(C)c1-c1nn(Cc2ccc(C(=O)NC3CCCCC3)cc2)c(=O)c2ccccc12. The van der Waals surface area contributed by atoms with Crippen LogP contribution in [0, 0.1) is 13.8 Å². The quantitative estimate of drug-likeness (QED) is 0.467. The fourth-order valence-electron chi connectivity index (χ4n) is 4.80. The maximum Gasteiger partial charge on any atom is 0.274 e. The second-order valence-electron chi connectivity index (χ2n) is 9.06. The molecule has 7 nitrogen and oxygen atoms in total. The lowest BCUT2D eigenvalue weighted by molar-refractivity contribution is 0.0927. The molecule has 1 saturated carbocycles. The van der Waals surface area contributed by atoms with Crippen LogP contribution in [0.1, 0.15) is 59.5 Å². The van der Waals surface area contributed by atoms with E-state index in [0.717, 1.165) is 35.0 Å². The number of nitrogens with one attached hydrogen (secondary N) is 1. The van der Waals surface area contributed by atoms with Gasteiger partial charge in [-0.05, 0) is 50.5 Å². The Bertz CT molecular complexity index is 1380. The minimum absolute atomic E-state index is 0.0415. The highest BCUT2D eigenvalue weighted by Gasteiger charge is 2.20. The maximum atomic E-state index is 13.2. The topological polar surface area (TPSA) is 90.0 Å². The van der Waals surface area contributed by atoms with Crippen molar-refractivity contribution in [1.82, 2.24) is 20.3 Å². The summed E-state index contributed by atoms with van der Waals surface area (Å²) in [6.45, 7) is 4.01. The second-order valence-corrected chi connectivity index (χ2v) is 9.06. The monoisotopic (exact) mass is 456 g/mol. The van der Waals surface area contributed by atoms with Crippen molar-refractivity contribution < 1.29 is 9.32 Å². The van der Waals surface area contributed by atoms with Crippen LogP contribution >= 0.6 is 0 Å². The van der Waals surface area contributed by atoms with Gasteiger partial charge in [-0.2, -0.15) is 5.10 Å². The van der Waals surface area contributed by atoms with E-state index in [9.17, 15) is 9.59 Å². The fourth-order valence-corrected chi connectivity index (χ4v) is 4.80. The van der Waals surface area contributed by atoms with Gasteiger partial charge in [-0.25, -0.2) is 4.68 Å². The van der Waals surface area contributed by atoms with Crippen molar-refractivity contribution in [3.63, 3.8) is 0 Å². The summed E-state index contributed by atoms with van der Waals surface area (Å²) in [6.07, 6.45) is 5.70. The van der Waals surface area contributed by atoms with Crippen molar-refractivity contribution in [2.75, 3.05) is 0 Å². The molecule has 2 aromatic heterocycles. The molecule has 0 radical (unpaired) electrons. The second kappa shape index (κ2) is 9.25. The molecule has 2 aromatic carbocycles. The van der Waals surface area contributed by atoms with Crippen molar-refractivity contribution >= 4 is 16.7 Å². The summed E-state index contributed by atoms with van der Waals surface area (Å²) in [5, 5.41) is 13.3. The number of amides is 1. The third kappa shape index (κ3) is 4.25. The van der Waals surface area contributed by atoms with Crippen LogP contribution < -0.4 is 10.9 Å². The molecule has 1 aliphatic rings. The standard InChI is InChI=1S/C27H28N4O3/c1-17-24(18(2)34-30-17)25-22-10-6-7-11-23(22)27(33)31(29-25)16-19-12-14-20(15-13-19)26(32)28-21-8-4-3-5-9-21/h6-7,10-15,21H,3-5,8-9,16H2,1-2H3,(H,28,32). The van der Waals surface area contributed by atoms with Crippen LogP contribution in [-0.4, -0.2) is 26.9 Å². The summed E-state index contributed by atoms with van der Waals surface area (Å²) >= 11 is 0. The van der Waals surface area contributed by atoms with Crippen LogP contribution in [0.3, 0.4) is 0 Å². The molecule has 1 aliphatic carbocycles. The Morgan fingerprint density at radius 1 is 1.03 bits per heavy atom. The Morgan fingerprint density at radius 2 is 1.74 bits per heavy atom. The van der Waals surface area contributed by atoms with Gasteiger partial charge in [0, 0.05) is 17.0 Å². The van der Waals surface area contributed by atoms with E-state index in [1.807, 2.05) is 62.4 Å². The number of aryl methyl sites for hydroxylation is 2. The Balaban J connectivity index is 1.44. The van der Waals surface area contributed by atoms with Crippen molar-refractivity contribution in [2.24, 2.45) is 0 Å². The number of hydrogen-bond acceptors (Lipinski definition) is 5. The molecule has 2 heterocycles. The molecule has 1 amide bonds. The lowest BCUT2D eigenvalue weighted by Crippen LogP contribution is -2.36. The molecular formula is C27H28N4O3. The minimum Gasteiger partial charge on any atom is -0.361 e. The third-order valence-corrected chi connectivity index (χ3v) is 6.63. The van der Waals surface area contributed by atoms with E-state index in [4.69, 9.17) is 9.62 Å². The predicted octanol–water partition coefficient (Wildman–Crippen LogP) is 4.78. The molecule has 0 spiro atoms. The molecule has 5 rings (SSSR count). The lowest BCUT2D eigenvalue weighted by Gasteiger charge is -2.22. The van der Waals surface area contributed by atoms with E-state index in [1.165, 1.54) is 23.9 Å². The van der Waals surface area contributed by atoms with Crippen molar-refractivity contribution in [2.45, 2.75) is 58.5 Å². The predicted molar refractivity (Wildman–Crippen MR) is 131 cm³/mol. The number of carbonyl (C=O) groups is 1. The van der Waals surface area contributed by atoms with E-state index in [1.54, 1.807) is 0 Å². The molecule has 34 heavy (non-hydrogen) atoms. The first-order valence-electron chi connectivity index (χ1n) is 11.8. The fraction of sp³-hybridized carbons (Fsp3) is 0.333. The molecule has 7 heteroatoms. The molecule has 0 aliphatic heterocycles. The summed E-state index contributed by atoms with van der Waals surface area (Å²) in [5.41, 5.74) is 3.57. The molecule has 1 N–H and O–H groups in total. The molecule has 0 atom stereocenters. The average molecular weight is 457 g/mol. The summed E-state index contributed by atoms with van der Waals surface area (Å²) in [4.78, 5) is 25.8. The number of hydrogen-bond donors (Lipinski definition) is 1. The molecule has 1 fully saturated rings. The van der Waals surface area contributed by atoms with Crippen LogP contribution in [0.25, 0.3) is 22.0 Å². The summed E-state index contributed by atoms with van der Waals surface area (Å²) in [5.74, 6) is 0.619. The van der Waals surface area contributed by atoms with Crippen molar-refractivity contribution in [3.05, 3.63) is 81.5 Å². The smallest absolute Gasteiger partial charge is 0.274 e. The van der Waals surface area contributed by atoms with Crippen molar-refractivity contribution in [1.29, 1.82) is 0 Å². The number of benzene rings is 2. The number of rotatable bonds is 5. The highest BCUT2D eigenvalue weighted by atomic mass is 16.5. The first-order valence-corrected chi connectivity index (χ1v) is 11.8. The summed E-state index contributed by atoms with van der Waals surface area (Å²) in [6, 6.07) is 15.1. The molecule has 4 aromatic rings. The highest BCUT2D eigenvalue weighted by molar-refractivity contribution is 5.95. The molecule has 0 unspecified atom stereocenters. The maximum absolute atomic E-state index is 13.2. The van der Waals surface area contributed by atoms with Crippen LogP contribution in [0.5, 0.6) is 0 Å². The van der Waals surface area contributed by atoms with E-state index in [2.05, 4.69) is 10.5 Å². The van der Waals surface area contributed by atoms with Gasteiger partial charge in [0.05, 0.1) is 23.2 Å². The van der Waals surface area contributed by atoms with Gasteiger partial charge in [-0.3, -0.25) is 9.59 Å². The van der Waals surface area contributed by atoms with Gasteiger partial charge < -0.3 is 9.84 Å². The van der Waals surface area contributed by atoms with E-state index < -0.39 is 0 Å². The van der Waals surface area contributed by atoms with Gasteiger partial charge >= 0.3 is 0 Å². The van der Waals surface area contributed by atoms with E-state index in [0.29, 0.717) is 28.9 Å². The Morgan fingerprint density at radius 3 is 2.41 bits per heavy atom. The van der Waals surface area contributed by atoms with Gasteiger partial charge in [-0.15, -0.1) is 0 Å². The highest BCUT2D eigenvalue weighted by Crippen LogP contribution is 2.30. The average Bonchev–Trinajstić information content (AvgIpc) is 3.19. The van der Waals surface area contributed by atoms with E-state index in [-0.39, 0.29) is 17.5 Å². The largest absolute Gasteiger partial charge is 0.361 e. The third-order valence-electron chi connectivity index (χ3n) is 6.63. The summed E-state index contributed by atoms with van der Waals surface area (Å²) < 4.78 is 6.83. The zero-order valence-electron chi connectivity index (χ0n) is 19.5. The molecular weight excluding hydrogens is 428 g/mol. The molecule has 0 saturated heterocycles. The number of fused-ring (bicyclic) bond motifs is 1. The van der Waals surface area contributed by atoms with Gasteiger partial charge in [0.15, 0.2) is 0 Å². The van der Waals surface area contributed by atoms with Crippen LogP contribution in [0.15, 0.2) is 57.8 Å². The van der Waals surface area contributed by atoms with Gasteiger partial charge in [0.25, 0.3) is 11.5 Å². The van der Waals surface area contributed by atoms with Gasteiger partial charge in [0.1, 0.15) is 11.5 Å². The van der Waals surface area contributed by atoms with Crippen LogP contribution in [0.4, 0.5) is 0 Å². The normalized spacial score (nSPS) is 14.4. The Kier molecular flexibility index (Phi) is 6.01. The summed E-state index contributed by atoms with van der Waals surface area (Å²) in [7, 11) is 0. The number of nitrogens with zero attached hydrogens (tertiary/aromatic N) is 3. The van der Waals surface area contributed by atoms with Crippen molar-refractivity contribution in [3.8, 4) is 11.3 Å². The molecule has 0 bridgehead atoms. The number of aromatic nitrogens is 3. The molecule has 174 valence electrons. The van der Waals surface area contributed by atoms with E-state index >= 15 is 0 Å². The van der Waals surface area contributed by atoms with Gasteiger partial charge in [-0.1, -0.05) is 54.8 Å². The zero-order chi connectivity index (χ0) is 23.7. The van der Waals surface area contributed by atoms with Gasteiger partial charge in [0.2, 0.25) is 0 Å². The minimum atomic E-state index is -0.162. The first-order chi connectivity index (χ1) is 16.5. The number of carbonyl (C=O) groups excluding carboxylic acids is 1.